The normalized spacial score (nSPS) is 20.4. The van der Waals surface area contributed by atoms with Gasteiger partial charge in [-0.2, -0.15) is 0 Å². The SMILES string of the molecule is COc1ccc(C(=O)C2C(=O)C(=O)N(c3ccc(-c4ccon4)cc3)C2C2CCN(C(C)=O)CC2)cc1. The molecule has 5 rings (SSSR count). The second-order valence-electron chi connectivity index (χ2n) is 9.38. The van der Waals surface area contributed by atoms with Crippen LogP contribution in [0.5, 0.6) is 5.75 Å². The number of benzene rings is 2. The van der Waals surface area contributed by atoms with Crippen molar-refractivity contribution in [3.8, 4) is 17.0 Å². The molecular weight excluding hydrogens is 474 g/mol. The molecule has 2 unspecified atom stereocenters. The first-order valence-electron chi connectivity index (χ1n) is 12.2. The zero-order valence-corrected chi connectivity index (χ0v) is 20.6. The Morgan fingerprint density at radius 1 is 0.973 bits per heavy atom. The molecule has 2 aliphatic rings. The van der Waals surface area contributed by atoms with E-state index in [4.69, 9.17) is 9.26 Å². The molecule has 0 N–H and O–H groups in total. The van der Waals surface area contributed by atoms with Gasteiger partial charge in [0.2, 0.25) is 11.7 Å². The van der Waals surface area contributed by atoms with E-state index in [0.717, 1.165) is 5.56 Å². The minimum Gasteiger partial charge on any atom is -0.497 e. The lowest BCUT2D eigenvalue weighted by Crippen LogP contribution is -2.48. The van der Waals surface area contributed by atoms with Crippen molar-refractivity contribution in [2.45, 2.75) is 25.8 Å². The summed E-state index contributed by atoms with van der Waals surface area (Å²) in [4.78, 5) is 55.6. The molecule has 2 fully saturated rings. The molecule has 9 nitrogen and oxygen atoms in total. The van der Waals surface area contributed by atoms with E-state index >= 15 is 0 Å². The zero-order chi connectivity index (χ0) is 26.1. The molecule has 1 aromatic heterocycles. The van der Waals surface area contributed by atoms with Crippen LogP contribution in [0.25, 0.3) is 11.3 Å². The van der Waals surface area contributed by atoms with E-state index in [1.807, 2.05) is 0 Å². The van der Waals surface area contributed by atoms with E-state index in [9.17, 15) is 19.2 Å². The molecule has 0 radical (unpaired) electrons. The lowest BCUT2D eigenvalue weighted by atomic mass is 9.79. The number of rotatable bonds is 6. The number of likely N-dealkylation sites (tertiary alicyclic amines) is 1. The molecule has 2 amide bonds. The maximum absolute atomic E-state index is 13.7. The Morgan fingerprint density at radius 2 is 1.65 bits per heavy atom. The van der Waals surface area contributed by atoms with E-state index in [1.54, 1.807) is 59.5 Å². The van der Waals surface area contributed by atoms with E-state index in [0.29, 0.717) is 48.6 Å². The topological polar surface area (TPSA) is 110 Å². The molecule has 0 spiro atoms. The van der Waals surface area contributed by atoms with Crippen molar-refractivity contribution in [2.24, 2.45) is 11.8 Å². The lowest BCUT2D eigenvalue weighted by molar-refractivity contribution is -0.135. The van der Waals surface area contributed by atoms with Crippen molar-refractivity contribution in [3.05, 3.63) is 66.4 Å². The van der Waals surface area contributed by atoms with Crippen LogP contribution in [0.15, 0.2) is 65.4 Å². The Labute approximate surface area is 214 Å². The summed E-state index contributed by atoms with van der Waals surface area (Å²) < 4.78 is 10.1. The van der Waals surface area contributed by atoms with E-state index in [1.165, 1.54) is 25.2 Å². The van der Waals surface area contributed by atoms with Crippen LogP contribution in [-0.2, 0) is 14.4 Å². The molecule has 3 aromatic rings. The predicted octanol–water partition coefficient (Wildman–Crippen LogP) is 3.39. The molecule has 3 heterocycles. The number of hydrogen-bond acceptors (Lipinski definition) is 7. The third-order valence-corrected chi connectivity index (χ3v) is 7.36. The number of anilines is 1. The molecule has 0 aliphatic carbocycles. The maximum Gasteiger partial charge on any atom is 0.295 e. The summed E-state index contributed by atoms with van der Waals surface area (Å²) in [5, 5.41) is 3.94. The first-order chi connectivity index (χ1) is 17.9. The average Bonchev–Trinajstić information content (AvgIpc) is 3.56. The molecule has 190 valence electrons. The van der Waals surface area contributed by atoms with Crippen molar-refractivity contribution < 1.29 is 28.4 Å². The Balaban J connectivity index is 1.51. The van der Waals surface area contributed by atoms with Gasteiger partial charge in [-0.25, -0.2) is 0 Å². The number of methoxy groups -OCH3 is 1. The highest BCUT2D eigenvalue weighted by Gasteiger charge is 2.54. The summed E-state index contributed by atoms with van der Waals surface area (Å²) in [7, 11) is 1.53. The van der Waals surface area contributed by atoms with Gasteiger partial charge in [0, 0.05) is 42.9 Å². The summed E-state index contributed by atoms with van der Waals surface area (Å²) in [6.45, 7) is 2.56. The number of Topliss-reactive ketones (excluding diaryl/α,β-unsaturated/α-hetero) is 2. The quantitative estimate of drug-likeness (QED) is 0.289. The number of piperidine rings is 1. The van der Waals surface area contributed by atoms with Gasteiger partial charge in [0.15, 0.2) is 5.78 Å². The van der Waals surface area contributed by atoms with E-state index in [2.05, 4.69) is 5.16 Å². The van der Waals surface area contributed by atoms with Crippen molar-refractivity contribution in [1.29, 1.82) is 0 Å². The van der Waals surface area contributed by atoms with E-state index in [-0.39, 0.29) is 17.6 Å². The van der Waals surface area contributed by atoms with Gasteiger partial charge in [0.1, 0.15) is 23.6 Å². The number of carbonyl (C=O) groups is 4. The summed E-state index contributed by atoms with van der Waals surface area (Å²) in [6.07, 6.45) is 2.65. The molecule has 2 aromatic carbocycles. The third-order valence-electron chi connectivity index (χ3n) is 7.36. The average molecular weight is 502 g/mol. The van der Waals surface area contributed by atoms with Gasteiger partial charge in [-0.1, -0.05) is 17.3 Å². The summed E-state index contributed by atoms with van der Waals surface area (Å²) in [5.41, 5.74) is 2.33. The fourth-order valence-electron chi connectivity index (χ4n) is 5.38. The van der Waals surface area contributed by atoms with Crippen LogP contribution in [0.1, 0.15) is 30.1 Å². The second kappa shape index (κ2) is 10.0. The maximum atomic E-state index is 13.7. The van der Waals surface area contributed by atoms with Gasteiger partial charge in [-0.05, 0) is 55.2 Å². The minimum atomic E-state index is -1.13. The number of ether oxygens (including phenoxy) is 1. The van der Waals surface area contributed by atoms with Crippen LogP contribution in [0.4, 0.5) is 5.69 Å². The number of carbonyl (C=O) groups excluding carboxylic acids is 4. The summed E-state index contributed by atoms with van der Waals surface area (Å²) in [6, 6.07) is 14.8. The fourth-order valence-corrected chi connectivity index (χ4v) is 5.38. The smallest absolute Gasteiger partial charge is 0.295 e. The van der Waals surface area contributed by atoms with E-state index < -0.39 is 23.7 Å². The summed E-state index contributed by atoms with van der Waals surface area (Å²) in [5.74, 6) is -2.48. The molecule has 2 atom stereocenters. The number of ketones is 2. The number of amides is 2. The number of aromatic nitrogens is 1. The molecule has 37 heavy (non-hydrogen) atoms. The first kappa shape index (κ1) is 24.4. The molecule has 2 aliphatic heterocycles. The molecule has 9 heteroatoms. The first-order valence-corrected chi connectivity index (χ1v) is 12.2. The standard InChI is InChI=1S/C28H27N3O6/c1-17(32)30-14-11-19(12-15-30)25-24(26(33)20-5-9-22(36-2)10-6-20)27(34)28(35)31(25)21-7-3-18(4-8-21)23-13-16-37-29-23/h3-10,13,16,19,24-25H,11-12,14-15H2,1-2H3. The monoisotopic (exact) mass is 501 g/mol. The Bertz CT molecular complexity index is 1310. The highest BCUT2D eigenvalue weighted by atomic mass is 16.5. The number of nitrogens with zero attached hydrogens (tertiary/aromatic N) is 3. The Kier molecular flexibility index (Phi) is 6.60. The zero-order valence-electron chi connectivity index (χ0n) is 20.6. The molecular formula is C28H27N3O6. The molecule has 0 saturated carbocycles. The molecule has 2 saturated heterocycles. The highest BCUT2D eigenvalue weighted by Crippen LogP contribution is 2.39. The second-order valence-corrected chi connectivity index (χ2v) is 9.38. The van der Waals surface area contributed by atoms with Crippen molar-refractivity contribution in [2.75, 3.05) is 25.1 Å². The Hall–Kier alpha value is -4.27. The van der Waals surface area contributed by atoms with Gasteiger partial charge in [-0.15, -0.1) is 0 Å². The van der Waals surface area contributed by atoms with Gasteiger partial charge in [0.25, 0.3) is 5.91 Å². The van der Waals surface area contributed by atoms with Crippen LogP contribution < -0.4 is 9.64 Å². The van der Waals surface area contributed by atoms with Crippen molar-refractivity contribution in [1.82, 2.24) is 10.1 Å². The third kappa shape index (κ3) is 4.52. The van der Waals surface area contributed by atoms with Crippen LogP contribution in [0, 0.1) is 11.8 Å². The Morgan fingerprint density at radius 3 is 2.22 bits per heavy atom. The molecule has 0 bridgehead atoms. The summed E-state index contributed by atoms with van der Waals surface area (Å²) >= 11 is 0. The van der Waals surface area contributed by atoms with Gasteiger partial charge in [-0.3, -0.25) is 19.2 Å². The fraction of sp³-hybridized carbons (Fsp3) is 0.321. The van der Waals surface area contributed by atoms with Crippen LogP contribution >= 0.6 is 0 Å². The lowest BCUT2D eigenvalue weighted by Gasteiger charge is -2.39. The van der Waals surface area contributed by atoms with Crippen LogP contribution in [0.2, 0.25) is 0 Å². The highest BCUT2D eigenvalue weighted by molar-refractivity contribution is 6.49. The minimum absolute atomic E-state index is 0.0109. The van der Waals surface area contributed by atoms with Crippen LogP contribution in [-0.4, -0.2) is 59.7 Å². The van der Waals surface area contributed by atoms with Gasteiger partial charge in [0.05, 0.1) is 13.2 Å². The largest absolute Gasteiger partial charge is 0.497 e. The van der Waals surface area contributed by atoms with Crippen molar-refractivity contribution >= 4 is 29.1 Å². The van der Waals surface area contributed by atoms with Crippen molar-refractivity contribution in [3.63, 3.8) is 0 Å². The van der Waals surface area contributed by atoms with Crippen LogP contribution in [0.3, 0.4) is 0 Å². The predicted molar refractivity (Wildman–Crippen MR) is 134 cm³/mol. The number of hydrogen-bond donors (Lipinski definition) is 0. The van der Waals surface area contributed by atoms with Gasteiger partial charge >= 0.3 is 0 Å². The van der Waals surface area contributed by atoms with Gasteiger partial charge < -0.3 is 19.1 Å².